The van der Waals surface area contributed by atoms with Crippen molar-refractivity contribution in [2.45, 2.75) is 231 Å². The second-order valence-corrected chi connectivity index (χ2v) is 11.3. The van der Waals surface area contributed by atoms with Gasteiger partial charge in [0, 0.05) is 0 Å². The Morgan fingerprint density at radius 1 is 0.231 bits per heavy atom. The summed E-state index contributed by atoms with van der Waals surface area (Å²) >= 11 is 0. The molecule has 39 heavy (non-hydrogen) atoms. The molecule has 0 aliphatic heterocycles. The van der Waals surface area contributed by atoms with Gasteiger partial charge >= 0.3 is 0 Å². The zero-order valence-electron chi connectivity index (χ0n) is 30.6. The van der Waals surface area contributed by atoms with Gasteiger partial charge in [0.2, 0.25) is 0 Å². The van der Waals surface area contributed by atoms with Crippen molar-refractivity contribution in [3.8, 4) is 0 Å². The van der Waals surface area contributed by atoms with Crippen molar-refractivity contribution in [1.82, 2.24) is 0 Å². The quantitative estimate of drug-likeness (QED) is 0.302. The molecule has 242 valence electrons. The smallest absolute Gasteiger partial charge is 0.0386 e. The third-order valence-electron chi connectivity index (χ3n) is 8.11. The fourth-order valence-electron chi connectivity index (χ4n) is 5.84. The molecule has 4 saturated carbocycles. The van der Waals surface area contributed by atoms with Crippen molar-refractivity contribution in [3.63, 3.8) is 0 Å². The minimum absolute atomic E-state index is 1.01. The second-order valence-electron chi connectivity index (χ2n) is 11.3. The summed E-state index contributed by atoms with van der Waals surface area (Å²) in [7, 11) is 0. The van der Waals surface area contributed by atoms with Crippen LogP contribution in [0, 0.1) is 23.7 Å². The van der Waals surface area contributed by atoms with E-state index >= 15 is 0 Å². The van der Waals surface area contributed by atoms with Gasteiger partial charge in [-0.1, -0.05) is 231 Å². The average Bonchev–Trinajstić information content (AvgIpc) is 3.85. The van der Waals surface area contributed by atoms with Crippen LogP contribution >= 0.6 is 0 Å². The third kappa shape index (κ3) is 36.0. The van der Waals surface area contributed by atoms with E-state index in [0.29, 0.717) is 0 Å². The summed E-state index contributed by atoms with van der Waals surface area (Å²) in [6.07, 6.45) is 34.8. The molecule has 0 saturated heterocycles. The van der Waals surface area contributed by atoms with Crippen molar-refractivity contribution >= 4 is 0 Å². The van der Waals surface area contributed by atoms with Crippen molar-refractivity contribution < 1.29 is 0 Å². The largest absolute Gasteiger partial charge is 0.0683 e. The molecule has 0 amide bonds. The molecule has 0 aromatic heterocycles. The predicted molar refractivity (Wildman–Crippen MR) is 188 cm³/mol. The van der Waals surface area contributed by atoms with Crippen LogP contribution < -0.4 is 0 Å². The molecule has 4 fully saturated rings. The van der Waals surface area contributed by atoms with E-state index in [9.17, 15) is 0 Å². The molecular formula is C39H86. The van der Waals surface area contributed by atoms with Gasteiger partial charge < -0.3 is 0 Å². The highest BCUT2D eigenvalue weighted by Crippen LogP contribution is 2.36. The number of hydrogen-bond acceptors (Lipinski definition) is 0. The molecule has 0 spiro atoms. The van der Waals surface area contributed by atoms with E-state index in [1.54, 1.807) is 25.7 Å². The van der Waals surface area contributed by atoms with E-state index < -0.39 is 0 Å². The van der Waals surface area contributed by atoms with Gasteiger partial charge in [-0.25, -0.2) is 0 Å². The zero-order chi connectivity index (χ0) is 30.6. The molecular weight excluding hydrogens is 468 g/mol. The maximum Gasteiger partial charge on any atom is -0.0386 e. The zero-order valence-corrected chi connectivity index (χ0v) is 30.6. The first-order valence-corrected chi connectivity index (χ1v) is 19.3. The van der Waals surface area contributed by atoms with Crippen LogP contribution in [-0.4, -0.2) is 0 Å². The lowest BCUT2D eigenvalue weighted by Crippen LogP contribution is -2.18. The standard InChI is InChI=1S/C17H32.C9H18.C3H6.5C2H6/c1-15-9-7-13-17(14-8-10-15)16-11-5-3-2-4-6-12-16;1-9-7-5-3-2-4-6-8-9;1-2-3-1;5*1-2/h15-17H,2-14H2,1H3;9H,2-8H2,1H3;1-3H2;5*1-2H3. The van der Waals surface area contributed by atoms with E-state index in [0.717, 1.165) is 23.7 Å². The molecule has 0 bridgehead atoms. The Labute approximate surface area is 254 Å². The van der Waals surface area contributed by atoms with Crippen LogP contribution in [0.15, 0.2) is 0 Å². The molecule has 0 unspecified atom stereocenters. The Balaban J connectivity index is -0.000000234. The summed E-state index contributed by atoms with van der Waals surface area (Å²) in [5.41, 5.74) is 0. The Bertz CT molecular complexity index is 328. The molecule has 0 heteroatoms. The molecule has 0 radical (unpaired) electrons. The lowest BCUT2D eigenvalue weighted by molar-refractivity contribution is 0.210. The van der Waals surface area contributed by atoms with Gasteiger partial charge in [-0.15, -0.1) is 0 Å². The minimum atomic E-state index is 1.01. The first-order chi connectivity index (χ1) is 19.3. The highest BCUT2D eigenvalue weighted by Gasteiger charge is 2.23. The summed E-state index contributed by atoms with van der Waals surface area (Å²) in [5.74, 6) is 4.22. The topological polar surface area (TPSA) is 0 Å². The van der Waals surface area contributed by atoms with Gasteiger partial charge in [0.05, 0.1) is 0 Å². The Hall–Kier alpha value is 0. The molecule has 0 nitrogen and oxygen atoms in total. The van der Waals surface area contributed by atoms with Crippen LogP contribution in [0.2, 0.25) is 0 Å². The molecule has 4 aliphatic rings. The van der Waals surface area contributed by atoms with Crippen molar-refractivity contribution in [3.05, 3.63) is 0 Å². The average molecular weight is 555 g/mol. The maximum absolute atomic E-state index is 2.45. The van der Waals surface area contributed by atoms with E-state index in [1.807, 2.05) is 69.2 Å². The van der Waals surface area contributed by atoms with Crippen LogP contribution in [0.4, 0.5) is 0 Å². The van der Waals surface area contributed by atoms with E-state index in [2.05, 4.69) is 13.8 Å². The minimum Gasteiger partial charge on any atom is -0.0683 e. The van der Waals surface area contributed by atoms with Crippen LogP contribution in [0.5, 0.6) is 0 Å². The van der Waals surface area contributed by atoms with Crippen molar-refractivity contribution in [2.24, 2.45) is 23.7 Å². The van der Waals surface area contributed by atoms with Crippen molar-refractivity contribution in [2.75, 3.05) is 0 Å². The molecule has 0 N–H and O–H groups in total. The first-order valence-electron chi connectivity index (χ1n) is 19.3. The molecule has 0 aromatic carbocycles. The van der Waals surface area contributed by atoms with Gasteiger partial charge in [-0.05, 0) is 23.7 Å². The summed E-state index contributed by atoms with van der Waals surface area (Å²) < 4.78 is 0. The molecule has 4 aliphatic carbocycles. The third-order valence-corrected chi connectivity index (χ3v) is 8.11. The van der Waals surface area contributed by atoms with Crippen molar-refractivity contribution in [1.29, 1.82) is 0 Å². The van der Waals surface area contributed by atoms with Gasteiger partial charge in [0.1, 0.15) is 0 Å². The monoisotopic (exact) mass is 555 g/mol. The van der Waals surface area contributed by atoms with Gasteiger partial charge in [-0.2, -0.15) is 0 Å². The van der Waals surface area contributed by atoms with E-state index in [1.165, 1.54) is 122 Å². The van der Waals surface area contributed by atoms with Gasteiger partial charge in [0.15, 0.2) is 0 Å². The van der Waals surface area contributed by atoms with Gasteiger partial charge in [-0.3, -0.25) is 0 Å². The Morgan fingerprint density at radius 3 is 0.692 bits per heavy atom. The van der Waals surface area contributed by atoms with E-state index in [4.69, 9.17) is 0 Å². The molecule has 0 atom stereocenters. The Kier molecular flexibility index (Phi) is 50.1. The van der Waals surface area contributed by atoms with Crippen LogP contribution in [0.25, 0.3) is 0 Å². The SMILES string of the molecule is C1CC1.CC.CC.CC.CC.CC.CC1CCCC(C2CCCCCCC2)CCC1.CC1CCCCCCC1. The Morgan fingerprint density at radius 2 is 0.410 bits per heavy atom. The van der Waals surface area contributed by atoms with Crippen LogP contribution in [0.3, 0.4) is 0 Å². The van der Waals surface area contributed by atoms with E-state index in [-0.39, 0.29) is 0 Å². The summed E-state index contributed by atoms with van der Waals surface area (Å²) in [5, 5.41) is 0. The van der Waals surface area contributed by atoms with Gasteiger partial charge in [0.25, 0.3) is 0 Å². The predicted octanol–water partition coefficient (Wildman–Crippen LogP) is 15.6. The second kappa shape index (κ2) is 42.5. The normalized spacial score (nSPS) is 23.4. The molecule has 4 rings (SSSR count). The fourth-order valence-corrected chi connectivity index (χ4v) is 5.84. The van der Waals surface area contributed by atoms with Crippen LogP contribution in [0.1, 0.15) is 231 Å². The summed E-state index contributed by atoms with van der Waals surface area (Å²) in [6.45, 7) is 24.8. The highest BCUT2D eigenvalue weighted by atomic mass is 14.3. The lowest BCUT2D eigenvalue weighted by Gasteiger charge is -2.31. The summed E-state index contributed by atoms with van der Waals surface area (Å²) in [4.78, 5) is 0. The van der Waals surface area contributed by atoms with Crippen LogP contribution in [-0.2, 0) is 0 Å². The summed E-state index contributed by atoms with van der Waals surface area (Å²) in [6, 6.07) is 0. The number of rotatable bonds is 1. The molecule has 0 aromatic rings. The highest BCUT2D eigenvalue weighted by molar-refractivity contribution is 4.75. The molecule has 0 heterocycles. The lowest BCUT2D eigenvalue weighted by atomic mass is 9.75. The fraction of sp³-hybridized carbons (Fsp3) is 1.00. The number of hydrogen-bond donors (Lipinski definition) is 0. The first kappa shape index (κ1) is 46.0. The maximum atomic E-state index is 2.45.